The molecular weight excluding hydrogens is 562 g/mol. The SMILES string of the molecule is C=Cc1ccc(C2=NC=CCC2)nc1CCc1ccc(-c2ccc3ccc4c(-c5ccccc5)c5ccccc5nc4c3n2)nc1. The van der Waals surface area contributed by atoms with Crippen molar-refractivity contribution < 1.29 is 0 Å². The minimum atomic E-state index is 0.795. The number of aryl methyl sites for hydroxylation is 2. The van der Waals surface area contributed by atoms with Crippen molar-refractivity contribution in [1.29, 1.82) is 0 Å². The zero-order chi connectivity index (χ0) is 30.9. The van der Waals surface area contributed by atoms with Gasteiger partial charge in [-0.2, -0.15) is 0 Å². The Morgan fingerprint density at radius 1 is 0.674 bits per heavy atom. The third-order valence-corrected chi connectivity index (χ3v) is 8.72. The first-order valence-electron chi connectivity index (χ1n) is 15.7. The number of aliphatic imine (C=N–C) groups is 1. The number of allylic oxidation sites excluding steroid dienone is 1. The molecular formula is C41H31N5. The fourth-order valence-corrected chi connectivity index (χ4v) is 6.34. The van der Waals surface area contributed by atoms with Crippen LogP contribution in [0.3, 0.4) is 0 Å². The molecule has 1 aliphatic heterocycles. The molecule has 46 heavy (non-hydrogen) atoms. The number of nitrogens with zero attached hydrogens (tertiary/aromatic N) is 5. The lowest BCUT2D eigenvalue weighted by Gasteiger charge is -2.13. The molecule has 220 valence electrons. The quantitative estimate of drug-likeness (QED) is 0.136. The van der Waals surface area contributed by atoms with E-state index in [0.29, 0.717) is 0 Å². The molecule has 7 aromatic rings. The van der Waals surface area contributed by atoms with E-state index in [-0.39, 0.29) is 0 Å². The molecule has 0 bridgehead atoms. The fourth-order valence-electron chi connectivity index (χ4n) is 6.34. The highest BCUT2D eigenvalue weighted by atomic mass is 14.8. The summed E-state index contributed by atoms with van der Waals surface area (Å²) >= 11 is 0. The summed E-state index contributed by atoms with van der Waals surface area (Å²) in [7, 11) is 0. The van der Waals surface area contributed by atoms with Crippen LogP contribution in [0.2, 0.25) is 0 Å². The molecule has 3 aromatic carbocycles. The van der Waals surface area contributed by atoms with Crippen LogP contribution in [0.25, 0.3) is 61.3 Å². The molecule has 0 saturated carbocycles. The second kappa shape index (κ2) is 11.9. The lowest BCUT2D eigenvalue weighted by molar-refractivity contribution is 0.898. The maximum absolute atomic E-state index is 5.15. The van der Waals surface area contributed by atoms with Gasteiger partial charge >= 0.3 is 0 Å². The van der Waals surface area contributed by atoms with Crippen LogP contribution in [0.5, 0.6) is 0 Å². The molecule has 0 unspecified atom stereocenters. The van der Waals surface area contributed by atoms with Crippen molar-refractivity contribution in [1.82, 2.24) is 19.9 Å². The van der Waals surface area contributed by atoms with Crippen LogP contribution >= 0.6 is 0 Å². The molecule has 0 spiro atoms. The highest BCUT2D eigenvalue weighted by molar-refractivity contribution is 6.16. The van der Waals surface area contributed by atoms with E-state index in [0.717, 1.165) is 98.0 Å². The lowest BCUT2D eigenvalue weighted by Crippen LogP contribution is -2.08. The van der Waals surface area contributed by atoms with Crippen LogP contribution < -0.4 is 0 Å². The first-order valence-corrected chi connectivity index (χ1v) is 15.7. The molecule has 0 N–H and O–H groups in total. The van der Waals surface area contributed by atoms with E-state index in [1.165, 1.54) is 11.1 Å². The molecule has 1 aliphatic rings. The lowest BCUT2D eigenvalue weighted by atomic mass is 9.95. The van der Waals surface area contributed by atoms with E-state index in [4.69, 9.17) is 19.9 Å². The van der Waals surface area contributed by atoms with Crippen molar-refractivity contribution in [3.63, 3.8) is 0 Å². The molecule has 0 fully saturated rings. The molecule has 8 rings (SSSR count). The first kappa shape index (κ1) is 27.7. The van der Waals surface area contributed by atoms with Crippen LogP contribution in [0.1, 0.15) is 35.4 Å². The molecule has 4 aromatic heterocycles. The monoisotopic (exact) mass is 593 g/mol. The zero-order valence-corrected chi connectivity index (χ0v) is 25.4. The summed E-state index contributed by atoms with van der Waals surface area (Å²) in [6, 6.07) is 35.7. The molecule has 0 radical (unpaired) electrons. The molecule has 5 heteroatoms. The van der Waals surface area contributed by atoms with Gasteiger partial charge in [-0.3, -0.25) is 15.0 Å². The van der Waals surface area contributed by atoms with Gasteiger partial charge in [-0.25, -0.2) is 9.97 Å². The smallest absolute Gasteiger partial charge is 0.0978 e. The van der Waals surface area contributed by atoms with Crippen molar-refractivity contribution >= 4 is 44.5 Å². The van der Waals surface area contributed by atoms with Gasteiger partial charge in [0.25, 0.3) is 0 Å². The Morgan fingerprint density at radius 3 is 2.33 bits per heavy atom. The normalized spacial score (nSPS) is 12.9. The van der Waals surface area contributed by atoms with Crippen molar-refractivity contribution in [3.8, 4) is 22.5 Å². The van der Waals surface area contributed by atoms with Gasteiger partial charge in [-0.1, -0.05) is 97.6 Å². The first-order chi connectivity index (χ1) is 22.7. The molecule has 5 nitrogen and oxygen atoms in total. The second-order valence-corrected chi connectivity index (χ2v) is 11.6. The number of rotatable bonds is 7. The van der Waals surface area contributed by atoms with Gasteiger partial charge < -0.3 is 0 Å². The number of fused-ring (bicyclic) bond motifs is 4. The Balaban J connectivity index is 1.12. The molecule has 0 atom stereocenters. The predicted octanol–water partition coefficient (Wildman–Crippen LogP) is 9.58. The number of aromatic nitrogens is 4. The Kier molecular flexibility index (Phi) is 7.19. The highest BCUT2D eigenvalue weighted by Gasteiger charge is 2.15. The summed E-state index contributed by atoms with van der Waals surface area (Å²) in [6.45, 7) is 4.00. The van der Waals surface area contributed by atoms with Crippen LogP contribution in [0.4, 0.5) is 0 Å². The van der Waals surface area contributed by atoms with E-state index in [9.17, 15) is 0 Å². The molecule has 0 amide bonds. The van der Waals surface area contributed by atoms with Crippen molar-refractivity contribution in [2.45, 2.75) is 25.7 Å². The maximum atomic E-state index is 5.15. The number of pyridine rings is 4. The summed E-state index contributed by atoms with van der Waals surface area (Å²) in [4.78, 5) is 24.7. The van der Waals surface area contributed by atoms with Crippen molar-refractivity contribution in [3.05, 3.63) is 151 Å². The summed E-state index contributed by atoms with van der Waals surface area (Å²) in [5.74, 6) is 0. The third-order valence-electron chi connectivity index (χ3n) is 8.72. The average molecular weight is 594 g/mol. The van der Waals surface area contributed by atoms with Gasteiger partial charge in [0, 0.05) is 39.8 Å². The number of hydrogen-bond donors (Lipinski definition) is 0. The minimum Gasteiger partial charge on any atom is -0.259 e. The van der Waals surface area contributed by atoms with E-state index in [2.05, 4.69) is 109 Å². The van der Waals surface area contributed by atoms with Crippen LogP contribution in [-0.2, 0) is 12.8 Å². The molecule has 5 heterocycles. The van der Waals surface area contributed by atoms with E-state index < -0.39 is 0 Å². The van der Waals surface area contributed by atoms with Crippen molar-refractivity contribution in [2.24, 2.45) is 4.99 Å². The summed E-state index contributed by atoms with van der Waals surface area (Å²) < 4.78 is 0. The van der Waals surface area contributed by atoms with E-state index in [1.807, 2.05) is 30.6 Å². The second-order valence-electron chi connectivity index (χ2n) is 11.6. The van der Waals surface area contributed by atoms with Gasteiger partial charge in [-0.05, 0) is 66.6 Å². The Bertz CT molecular complexity index is 2320. The van der Waals surface area contributed by atoms with Gasteiger partial charge in [0.15, 0.2) is 0 Å². The number of hydrogen-bond acceptors (Lipinski definition) is 5. The number of para-hydroxylation sites is 1. The van der Waals surface area contributed by atoms with Crippen LogP contribution in [-0.4, -0.2) is 25.6 Å². The minimum absolute atomic E-state index is 0.795. The predicted molar refractivity (Wildman–Crippen MR) is 190 cm³/mol. The van der Waals surface area contributed by atoms with Gasteiger partial charge in [0.1, 0.15) is 0 Å². The topological polar surface area (TPSA) is 63.9 Å². The fraction of sp³-hybridized carbons (Fsp3) is 0.0976. The maximum Gasteiger partial charge on any atom is 0.0978 e. The van der Waals surface area contributed by atoms with Gasteiger partial charge in [0.2, 0.25) is 0 Å². The highest BCUT2D eigenvalue weighted by Crippen LogP contribution is 2.37. The largest absolute Gasteiger partial charge is 0.259 e. The number of benzene rings is 3. The van der Waals surface area contributed by atoms with Crippen LogP contribution in [0, 0.1) is 0 Å². The average Bonchev–Trinajstić information content (AvgIpc) is 3.13. The summed E-state index contributed by atoms with van der Waals surface area (Å²) in [5, 5.41) is 3.28. The molecule has 0 saturated heterocycles. The van der Waals surface area contributed by atoms with E-state index in [1.54, 1.807) is 0 Å². The van der Waals surface area contributed by atoms with E-state index >= 15 is 0 Å². The Labute approximate surface area is 267 Å². The summed E-state index contributed by atoms with van der Waals surface area (Å²) in [5.41, 5.74) is 12.0. The Morgan fingerprint density at radius 2 is 1.50 bits per heavy atom. The Hall–Kier alpha value is -5.81. The van der Waals surface area contributed by atoms with Gasteiger partial charge in [0.05, 0.1) is 39.3 Å². The van der Waals surface area contributed by atoms with Crippen molar-refractivity contribution in [2.75, 3.05) is 0 Å². The standard InChI is InChI=1S/C41H31N5/c1-2-28-18-23-37(35-14-8-9-25-42-35)44-33(28)21-15-27-16-22-36(43-26-27)38-24-19-30-17-20-32-39(29-10-4-3-5-11-29)31-12-6-7-13-34(31)45-41(32)40(30)46-38/h2-7,9-13,16-20,22-26H,1,8,14-15,21H2. The summed E-state index contributed by atoms with van der Waals surface area (Å²) in [6.07, 6.45) is 11.3. The zero-order valence-electron chi connectivity index (χ0n) is 25.4. The van der Waals surface area contributed by atoms with Crippen LogP contribution in [0.15, 0.2) is 133 Å². The third kappa shape index (κ3) is 5.16. The molecule has 0 aliphatic carbocycles. The van der Waals surface area contributed by atoms with Gasteiger partial charge in [-0.15, -0.1) is 0 Å².